The van der Waals surface area contributed by atoms with Gasteiger partial charge in [0.2, 0.25) is 0 Å². The summed E-state index contributed by atoms with van der Waals surface area (Å²) >= 11 is 0. The third kappa shape index (κ3) is 4.65. The highest BCUT2D eigenvalue weighted by Crippen LogP contribution is 2.22. The second-order valence-electron chi connectivity index (χ2n) is 3.69. The van der Waals surface area contributed by atoms with E-state index in [1.165, 1.54) is 29.5 Å². The molecule has 0 spiro atoms. The molecule has 0 N–H and O–H groups in total. The third-order valence-electron chi connectivity index (χ3n) is 2.55. The molecule has 0 saturated heterocycles. The summed E-state index contributed by atoms with van der Waals surface area (Å²) in [5, 5.41) is 0. The molecule has 0 heteroatoms. The summed E-state index contributed by atoms with van der Waals surface area (Å²) in [6.07, 6.45) is 5.93. The van der Waals surface area contributed by atoms with Crippen LogP contribution in [0.1, 0.15) is 58.1 Å². The fraction of sp³-hybridized carbons (Fsp3) is 0.500. The Balaban J connectivity index is 0.00000106. The van der Waals surface area contributed by atoms with E-state index in [-0.39, 0.29) is 0 Å². The van der Waals surface area contributed by atoms with Crippen molar-refractivity contribution >= 4 is 5.57 Å². The molecule has 90 valence electrons. The van der Waals surface area contributed by atoms with Crippen LogP contribution in [0.5, 0.6) is 0 Å². The van der Waals surface area contributed by atoms with E-state index in [2.05, 4.69) is 51.1 Å². The van der Waals surface area contributed by atoms with Crippen molar-refractivity contribution < 1.29 is 0 Å². The molecule has 0 amide bonds. The highest BCUT2D eigenvalue weighted by Gasteiger charge is 2.00. The standard InChI is InChI=1S/C14H20.C2H6/c1-4-6-10-13(5-2)14-11-8-7-9-12(14)3;1-2/h7-11H,4-6H2,1-3H3;1-2H3/b13-10-;. The van der Waals surface area contributed by atoms with Crippen molar-refractivity contribution in [1.82, 2.24) is 0 Å². The average molecular weight is 218 g/mol. The van der Waals surface area contributed by atoms with Crippen LogP contribution >= 0.6 is 0 Å². The molecule has 0 saturated carbocycles. The maximum absolute atomic E-state index is 2.38. The van der Waals surface area contributed by atoms with E-state index in [1.54, 1.807) is 0 Å². The van der Waals surface area contributed by atoms with Gasteiger partial charge in [-0.25, -0.2) is 0 Å². The minimum Gasteiger partial charge on any atom is -0.0807 e. The van der Waals surface area contributed by atoms with E-state index in [0.717, 1.165) is 6.42 Å². The molecule has 0 heterocycles. The molecule has 0 aromatic heterocycles. The Hall–Kier alpha value is -1.04. The SMILES string of the molecule is CC.CCC/C=C(/CC)c1ccccc1C. The molecule has 0 atom stereocenters. The molecular formula is C16H26. The lowest BCUT2D eigenvalue weighted by atomic mass is 9.97. The zero-order chi connectivity index (χ0) is 12.4. The zero-order valence-electron chi connectivity index (χ0n) is 11.5. The van der Waals surface area contributed by atoms with Crippen LogP contribution in [0.4, 0.5) is 0 Å². The van der Waals surface area contributed by atoms with E-state index in [9.17, 15) is 0 Å². The highest BCUT2D eigenvalue weighted by atomic mass is 14.1. The number of benzene rings is 1. The molecule has 0 aliphatic rings. The molecule has 0 unspecified atom stereocenters. The van der Waals surface area contributed by atoms with Gasteiger partial charge < -0.3 is 0 Å². The maximum atomic E-state index is 2.38. The summed E-state index contributed by atoms with van der Waals surface area (Å²) in [7, 11) is 0. The van der Waals surface area contributed by atoms with Crippen molar-refractivity contribution in [3.63, 3.8) is 0 Å². The Labute approximate surface area is 101 Å². The van der Waals surface area contributed by atoms with Gasteiger partial charge in [-0.1, -0.05) is 64.5 Å². The number of rotatable bonds is 4. The first-order valence-electron chi connectivity index (χ1n) is 6.54. The smallest absolute Gasteiger partial charge is 0.0199 e. The first kappa shape index (κ1) is 15.0. The zero-order valence-corrected chi connectivity index (χ0v) is 11.5. The summed E-state index contributed by atoms with van der Waals surface area (Å²) in [5.41, 5.74) is 4.30. The number of unbranched alkanes of at least 4 members (excludes halogenated alkanes) is 1. The van der Waals surface area contributed by atoms with Gasteiger partial charge in [0.1, 0.15) is 0 Å². The van der Waals surface area contributed by atoms with Gasteiger partial charge in [0.05, 0.1) is 0 Å². The van der Waals surface area contributed by atoms with Gasteiger partial charge >= 0.3 is 0 Å². The van der Waals surface area contributed by atoms with E-state index >= 15 is 0 Å². The van der Waals surface area contributed by atoms with Gasteiger partial charge in [0.25, 0.3) is 0 Å². The van der Waals surface area contributed by atoms with Gasteiger partial charge in [-0.3, -0.25) is 0 Å². The highest BCUT2D eigenvalue weighted by molar-refractivity contribution is 5.67. The van der Waals surface area contributed by atoms with Crippen molar-refractivity contribution in [2.24, 2.45) is 0 Å². The predicted molar refractivity (Wildman–Crippen MR) is 75.7 cm³/mol. The van der Waals surface area contributed by atoms with Crippen molar-refractivity contribution in [3.8, 4) is 0 Å². The maximum Gasteiger partial charge on any atom is -0.0199 e. The molecule has 16 heavy (non-hydrogen) atoms. The second kappa shape index (κ2) is 9.21. The lowest BCUT2D eigenvalue weighted by Gasteiger charge is -2.08. The normalized spacial score (nSPS) is 10.7. The quantitative estimate of drug-likeness (QED) is 0.615. The minimum absolute atomic E-state index is 1.13. The monoisotopic (exact) mass is 218 g/mol. The number of aryl methyl sites for hydroxylation is 1. The first-order chi connectivity index (χ1) is 7.79. The van der Waals surface area contributed by atoms with Crippen LogP contribution in [0.25, 0.3) is 5.57 Å². The number of hydrogen-bond acceptors (Lipinski definition) is 0. The molecular weight excluding hydrogens is 192 g/mol. The van der Waals surface area contributed by atoms with Crippen LogP contribution in [-0.2, 0) is 0 Å². The van der Waals surface area contributed by atoms with Crippen LogP contribution in [0.2, 0.25) is 0 Å². The van der Waals surface area contributed by atoms with Crippen LogP contribution in [0.3, 0.4) is 0 Å². The summed E-state index contributed by atoms with van der Waals surface area (Å²) < 4.78 is 0. The lowest BCUT2D eigenvalue weighted by molar-refractivity contribution is 0.955. The van der Waals surface area contributed by atoms with Gasteiger partial charge in [0.15, 0.2) is 0 Å². The summed E-state index contributed by atoms with van der Waals surface area (Å²) in [5.74, 6) is 0. The van der Waals surface area contributed by atoms with E-state index in [4.69, 9.17) is 0 Å². The molecule has 1 aromatic rings. The van der Waals surface area contributed by atoms with Crippen molar-refractivity contribution in [1.29, 1.82) is 0 Å². The molecule has 0 radical (unpaired) electrons. The molecule has 0 fully saturated rings. The van der Waals surface area contributed by atoms with Crippen LogP contribution in [0, 0.1) is 6.92 Å². The summed E-state index contributed by atoms with van der Waals surface area (Å²) in [4.78, 5) is 0. The lowest BCUT2D eigenvalue weighted by Crippen LogP contribution is -1.87. The Bertz CT molecular complexity index is 308. The van der Waals surface area contributed by atoms with Crippen molar-refractivity contribution in [3.05, 3.63) is 41.5 Å². The Kier molecular flexibility index (Phi) is 8.61. The van der Waals surface area contributed by atoms with Crippen LogP contribution < -0.4 is 0 Å². The minimum atomic E-state index is 1.13. The topological polar surface area (TPSA) is 0 Å². The summed E-state index contributed by atoms with van der Waals surface area (Å²) in [6, 6.07) is 8.63. The molecule has 1 rings (SSSR count). The van der Waals surface area contributed by atoms with Crippen molar-refractivity contribution in [2.75, 3.05) is 0 Å². The fourth-order valence-corrected chi connectivity index (χ4v) is 1.70. The number of hydrogen-bond donors (Lipinski definition) is 0. The molecule has 0 aliphatic heterocycles. The molecule has 0 aliphatic carbocycles. The fourth-order valence-electron chi connectivity index (χ4n) is 1.70. The number of allylic oxidation sites excluding steroid dienone is 2. The molecule has 0 bridgehead atoms. The average Bonchev–Trinajstić information content (AvgIpc) is 2.35. The van der Waals surface area contributed by atoms with Gasteiger partial charge in [-0.15, -0.1) is 0 Å². The molecule has 0 nitrogen and oxygen atoms in total. The predicted octanol–water partition coefficient (Wildman–Crippen LogP) is 5.61. The van der Waals surface area contributed by atoms with Crippen LogP contribution in [-0.4, -0.2) is 0 Å². The second-order valence-corrected chi connectivity index (χ2v) is 3.69. The van der Waals surface area contributed by atoms with Gasteiger partial charge in [0, 0.05) is 0 Å². The Morgan fingerprint density at radius 3 is 2.25 bits per heavy atom. The Morgan fingerprint density at radius 2 is 1.75 bits per heavy atom. The van der Waals surface area contributed by atoms with E-state index in [1.807, 2.05) is 13.8 Å². The van der Waals surface area contributed by atoms with E-state index in [0.29, 0.717) is 0 Å². The van der Waals surface area contributed by atoms with E-state index < -0.39 is 0 Å². The van der Waals surface area contributed by atoms with Crippen LogP contribution in [0.15, 0.2) is 30.3 Å². The summed E-state index contributed by atoms with van der Waals surface area (Å²) in [6.45, 7) is 10.6. The first-order valence-corrected chi connectivity index (χ1v) is 6.54. The van der Waals surface area contributed by atoms with Gasteiger partial charge in [-0.05, 0) is 36.5 Å². The van der Waals surface area contributed by atoms with Crippen molar-refractivity contribution in [2.45, 2.75) is 53.9 Å². The largest absolute Gasteiger partial charge is 0.0807 e. The molecule has 1 aromatic carbocycles. The van der Waals surface area contributed by atoms with Gasteiger partial charge in [-0.2, -0.15) is 0 Å². The third-order valence-corrected chi connectivity index (χ3v) is 2.55. The Morgan fingerprint density at radius 1 is 1.12 bits per heavy atom.